The molecule has 1 amide bonds. The molecule has 0 saturated carbocycles. The Kier molecular flexibility index (Phi) is 6.93. The predicted molar refractivity (Wildman–Crippen MR) is 143 cm³/mol. The lowest BCUT2D eigenvalue weighted by molar-refractivity contribution is -0.123. The number of nitrogens with zero attached hydrogens (tertiary/aromatic N) is 1. The summed E-state index contributed by atoms with van der Waals surface area (Å²) in [5.74, 6) is 0.0268. The van der Waals surface area contributed by atoms with Crippen molar-refractivity contribution < 1.29 is 19.1 Å². The zero-order valence-electron chi connectivity index (χ0n) is 18.8. The standard InChI is InChI=1S/C28H19ClN2O4S/c29-26-22-12-3-4-14-24(22)36-27(26)28(33)35-20-10-5-7-18(15-20)16-30-31-25(32)17-34-23-13-6-9-19-8-1-2-11-21(19)23/h1-16H,17H2,(H,31,32)/b30-16-. The van der Waals surface area contributed by atoms with Gasteiger partial charge >= 0.3 is 5.97 Å². The van der Waals surface area contributed by atoms with Crippen LogP contribution >= 0.6 is 22.9 Å². The van der Waals surface area contributed by atoms with Crippen LogP contribution in [0.15, 0.2) is 96.1 Å². The number of nitrogens with one attached hydrogen (secondary N) is 1. The van der Waals surface area contributed by atoms with Gasteiger partial charge in [0, 0.05) is 15.5 Å². The van der Waals surface area contributed by atoms with Crippen molar-refractivity contribution in [2.45, 2.75) is 0 Å². The maximum atomic E-state index is 12.7. The molecule has 0 atom stereocenters. The van der Waals surface area contributed by atoms with E-state index in [4.69, 9.17) is 21.1 Å². The molecular weight excluding hydrogens is 496 g/mol. The summed E-state index contributed by atoms with van der Waals surface area (Å²) in [5.41, 5.74) is 3.08. The van der Waals surface area contributed by atoms with Crippen LogP contribution in [-0.4, -0.2) is 24.7 Å². The number of ether oxygens (including phenoxy) is 2. The molecule has 0 spiro atoms. The number of benzene rings is 4. The Morgan fingerprint density at radius 3 is 2.53 bits per heavy atom. The fourth-order valence-corrected chi connectivity index (χ4v) is 5.02. The number of halogens is 1. The summed E-state index contributed by atoms with van der Waals surface area (Å²) in [6.07, 6.45) is 1.46. The summed E-state index contributed by atoms with van der Waals surface area (Å²) in [7, 11) is 0. The number of hydrogen-bond donors (Lipinski definition) is 1. The third kappa shape index (κ3) is 5.22. The summed E-state index contributed by atoms with van der Waals surface area (Å²) in [4.78, 5) is 25.2. The van der Waals surface area contributed by atoms with Crippen molar-refractivity contribution >= 4 is 61.9 Å². The molecule has 0 aliphatic heterocycles. The smallest absolute Gasteiger partial charge is 0.355 e. The minimum absolute atomic E-state index is 0.182. The van der Waals surface area contributed by atoms with Gasteiger partial charge in [-0.3, -0.25) is 4.79 Å². The number of carbonyl (C=O) groups is 2. The predicted octanol–water partition coefficient (Wildman–Crippen LogP) is 6.46. The van der Waals surface area contributed by atoms with Gasteiger partial charge in [-0.05, 0) is 35.2 Å². The highest BCUT2D eigenvalue weighted by atomic mass is 35.5. The van der Waals surface area contributed by atoms with Gasteiger partial charge in [-0.2, -0.15) is 5.10 Å². The summed E-state index contributed by atoms with van der Waals surface area (Å²) in [5, 5.41) is 7.13. The fourth-order valence-electron chi connectivity index (χ4n) is 3.63. The van der Waals surface area contributed by atoms with Crippen molar-refractivity contribution in [3.05, 3.63) is 106 Å². The molecular formula is C28H19ClN2O4S. The van der Waals surface area contributed by atoms with E-state index < -0.39 is 11.9 Å². The number of carbonyl (C=O) groups excluding carboxylic acids is 2. The zero-order chi connectivity index (χ0) is 24.9. The Hall–Kier alpha value is -4.20. The summed E-state index contributed by atoms with van der Waals surface area (Å²) in [6.45, 7) is -0.182. The average Bonchev–Trinajstić information content (AvgIpc) is 3.24. The molecule has 4 aromatic carbocycles. The largest absolute Gasteiger partial charge is 0.483 e. The van der Waals surface area contributed by atoms with E-state index >= 15 is 0 Å². The molecule has 0 aliphatic rings. The average molecular weight is 515 g/mol. The molecule has 0 aliphatic carbocycles. The van der Waals surface area contributed by atoms with Gasteiger partial charge in [0.1, 0.15) is 16.4 Å². The first-order valence-electron chi connectivity index (χ1n) is 11.0. The van der Waals surface area contributed by atoms with E-state index in [0.717, 1.165) is 20.9 Å². The molecule has 0 bridgehead atoms. The molecule has 0 fully saturated rings. The Morgan fingerprint density at radius 2 is 1.67 bits per heavy atom. The van der Waals surface area contributed by atoms with Crippen LogP contribution in [-0.2, 0) is 4.79 Å². The van der Waals surface area contributed by atoms with Crippen LogP contribution in [0, 0.1) is 0 Å². The van der Waals surface area contributed by atoms with Gasteiger partial charge in [-0.15, -0.1) is 11.3 Å². The SMILES string of the molecule is O=C(COc1cccc2ccccc12)N/N=C\c1cccc(OC(=O)c2sc3ccccc3c2Cl)c1. The number of fused-ring (bicyclic) bond motifs is 2. The first-order chi connectivity index (χ1) is 17.6. The first-order valence-corrected chi connectivity index (χ1v) is 12.2. The second-order valence-corrected chi connectivity index (χ2v) is 9.19. The molecule has 5 rings (SSSR count). The number of hydrogen-bond acceptors (Lipinski definition) is 6. The van der Waals surface area contributed by atoms with Gasteiger partial charge in [-0.25, -0.2) is 10.2 Å². The third-order valence-corrected chi connectivity index (χ3v) is 6.96. The monoisotopic (exact) mass is 514 g/mol. The molecule has 1 N–H and O–H groups in total. The molecule has 1 aromatic heterocycles. The number of esters is 1. The third-order valence-electron chi connectivity index (χ3n) is 5.30. The van der Waals surface area contributed by atoms with Gasteiger partial charge in [0.2, 0.25) is 0 Å². The van der Waals surface area contributed by atoms with Crippen molar-refractivity contribution in [3.8, 4) is 11.5 Å². The van der Waals surface area contributed by atoms with Crippen molar-refractivity contribution in [3.63, 3.8) is 0 Å². The quantitative estimate of drug-likeness (QED) is 0.117. The van der Waals surface area contributed by atoms with Crippen molar-refractivity contribution in [2.75, 3.05) is 6.61 Å². The van der Waals surface area contributed by atoms with Crippen LogP contribution in [0.3, 0.4) is 0 Å². The van der Waals surface area contributed by atoms with Crippen LogP contribution in [0.25, 0.3) is 20.9 Å². The lowest BCUT2D eigenvalue weighted by Gasteiger charge is -2.08. The van der Waals surface area contributed by atoms with Crippen LogP contribution in [0.1, 0.15) is 15.2 Å². The molecule has 0 radical (unpaired) electrons. The fraction of sp³-hybridized carbons (Fsp3) is 0.0357. The lowest BCUT2D eigenvalue weighted by atomic mass is 10.1. The molecule has 0 saturated heterocycles. The second kappa shape index (κ2) is 10.6. The van der Waals surface area contributed by atoms with Crippen LogP contribution in [0.2, 0.25) is 5.02 Å². The Bertz CT molecular complexity index is 1610. The number of thiophene rings is 1. The molecule has 1 heterocycles. The Labute approximate surface area is 215 Å². The number of hydrazone groups is 1. The summed E-state index contributed by atoms with van der Waals surface area (Å²) >= 11 is 7.66. The highest BCUT2D eigenvalue weighted by Gasteiger charge is 2.19. The molecule has 178 valence electrons. The van der Waals surface area contributed by atoms with Gasteiger partial charge in [0.05, 0.1) is 11.2 Å². The number of amides is 1. The van der Waals surface area contributed by atoms with Gasteiger partial charge < -0.3 is 9.47 Å². The highest BCUT2D eigenvalue weighted by molar-refractivity contribution is 7.21. The minimum Gasteiger partial charge on any atom is -0.483 e. The number of rotatable bonds is 7. The lowest BCUT2D eigenvalue weighted by Crippen LogP contribution is -2.24. The van der Waals surface area contributed by atoms with E-state index in [9.17, 15) is 9.59 Å². The summed E-state index contributed by atoms with van der Waals surface area (Å²) in [6, 6.07) is 27.8. The van der Waals surface area contributed by atoms with E-state index in [1.807, 2.05) is 66.7 Å². The van der Waals surface area contributed by atoms with Crippen molar-refractivity contribution in [1.82, 2.24) is 5.43 Å². The first kappa shape index (κ1) is 23.5. The van der Waals surface area contributed by atoms with Crippen molar-refractivity contribution in [2.24, 2.45) is 5.10 Å². The van der Waals surface area contributed by atoms with Crippen LogP contribution in [0.5, 0.6) is 11.5 Å². The maximum absolute atomic E-state index is 12.7. The van der Waals surface area contributed by atoms with Crippen LogP contribution in [0.4, 0.5) is 0 Å². The van der Waals surface area contributed by atoms with Gasteiger partial charge in [0.25, 0.3) is 5.91 Å². The highest BCUT2D eigenvalue weighted by Crippen LogP contribution is 2.35. The second-order valence-electron chi connectivity index (χ2n) is 7.76. The van der Waals surface area contributed by atoms with E-state index in [0.29, 0.717) is 27.0 Å². The normalized spacial score (nSPS) is 11.1. The molecule has 36 heavy (non-hydrogen) atoms. The molecule has 8 heteroatoms. The van der Waals surface area contributed by atoms with Gasteiger partial charge in [-0.1, -0.05) is 78.3 Å². The summed E-state index contributed by atoms with van der Waals surface area (Å²) < 4.78 is 12.1. The van der Waals surface area contributed by atoms with E-state index in [-0.39, 0.29) is 6.61 Å². The van der Waals surface area contributed by atoms with E-state index in [1.165, 1.54) is 17.6 Å². The topological polar surface area (TPSA) is 77.0 Å². The van der Waals surface area contributed by atoms with E-state index in [2.05, 4.69) is 10.5 Å². The molecule has 5 aromatic rings. The Balaban J connectivity index is 1.18. The van der Waals surface area contributed by atoms with E-state index in [1.54, 1.807) is 24.3 Å². The zero-order valence-corrected chi connectivity index (χ0v) is 20.4. The van der Waals surface area contributed by atoms with Gasteiger partial charge in [0.15, 0.2) is 6.61 Å². The molecule has 6 nitrogen and oxygen atoms in total. The Morgan fingerprint density at radius 1 is 0.917 bits per heavy atom. The molecule has 0 unspecified atom stereocenters. The van der Waals surface area contributed by atoms with Crippen LogP contribution < -0.4 is 14.9 Å². The van der Waals surface area contributed by atoms with Crippen molar-refractivity contribution in [1.29, 1.82) is 0 Å². The minimum atomic E-state index is -0.533. The maximum Gasteiger partial charge on any atom is 0.355 e.